The topological polar surface area (TPSA) is 66.4 Å². The number of aryl methyl sites for hydroxylation is 1. The molecule has 0 fully saturated rings. The Bertz CT molecular complexity index is 468. The van der Waals surface area contributed by atoms with Gasteiger partial charge >= 0.3 is 0 Å². The van der Waals surface area contributed by atoms with Crippen LogP contribution in [-0.2, 0) is 16.4 Å². The van der Waals surface area contributed by atoms with E-state index in [1.807, 2.05) is 13.8 Å². The van der Waals surface area contributed by atoms with E-state index in [1.165, 1.54) is 0 Å². The smallest absolute Gasteiger partial charge is 0.240 e. The van der Waals surface area contributed by atoms with Crippen LogP contribution >= 0.6 is 0 Å². The number of aliphatic hydroxyl groups is 1. The fourth-order valence-electron chi connectivity index (χ4n) is 1.60. The molecule has 0 aliphatic heterocycles. The molecule has 2 N–H and O–H groups in total. The molecule has 108 valence electrons. The Balaban J connectivity index is 2.68. The molecular formula is C14H23NO3S. The maximum absolute atomic E-state index is 12.0. The number of nitrogens with one attached hydrogen (secondary N) is 1. The first-order valence-electron chi connectivity index (χ1n) is 6.69. The van der Waals surface area contributed by atoms with Crippen molar-refractivity contribution >= 4 is 10.0 Å². The Kier molecular flexibility index (Phi) is 6.48. The second kappa shape index (κ2) is 7.62. The van der Waals surface area contributed by atoms with Gasteiger partial charge in [0.2, 0.25) is 10.0 Å². The van der Waals surface area contributed by atoms with E-state index in [1.54, 1.807) is 24.3 Å². The van der Waals surface area contributed by atoms with Gasteiger partial charge in [0.25, 0.3) is 0 Å². The van der Waals surface area contributed by atoms with E-state index in [9.17, 15) is 8.42 Å². The third-order valence-corrected chi connectivity index (χ3v) is 4.62. The SMILES string of the molecule is CCC(C)CNS(=O)(=O)c1ccc(CCCO)cc1. The van der Waals surface area contributed by atoms with Gasteiger partial charge in [-0.3, -0.25) is 0 Å². The zero-order valence-corrected chi connectivity index (χ0v) is 12.4. The molecule has 1 unspecified atom stereocenters. The van der Waals surface area contributed by atoms with Crippen molar-refractivity contribution in [3.8, 4) is 0 Å². The predicted molar refractivity (Wildman–Crippen MR) is 76.5 cm³/mol. The van der Waals surface area contributed by atoms with Crippen molar-refractivity contribution in [3.63, 3.8) is 0 Å². The molecular weight excluding hydrogens is 262 g/mol. The zero-order chi connectivity index (χ0) is 14.3. The molecule has 0 heterocycles. The molecule has 4 nitrogen and oxygen atoms in total. The van der Waals surface area contributed by atoms with Crippen LogP contribution in [0, 0.1) is 5.92 Å². The van der Waals surface area contributed by atoms with Crippen molar-refractivity contribution in [2.75, 3.05) is 13.2 Å². The monoisotopic (exact) mass is 285 g/mol. The predicted octanol–water partition coefficient (Wildman–Crippen LogP) is 1.94. The summed E-state index contributed by atoms with van der Waals surface area (Å²) in [6.45, 7) is 4.66. The van der Waals surface area contributed by atoms with Gasteiger partial charge in [-0.05, 0) is 36.5 Å². The summed E-state index contributed by atoms with van der Waals surface area (Å²) in [6.07, 6.45) is 2.40. The normalized spacial score (nSPS) is 13.4. The van der Waals surface area contributed by atoms with Crippen molar-refractivity contribution in [1.82, 2.24) is 4.72 Å². The van der Waals surface area contributed by atoms with Gasteiger partial charge in [0.05, 0.1) is 4.90 Å². The molecule has 0 bridgehead atoms. The van der Waals surface area contributed by atoms with Crippen LogP contribution < -0.4 is 4.72 Å². The maximum Gasteiger partial charge on any atom is 0.240 e. The summed E-state index contributed by atoms with van der Waals surface area (Å²) >= 11 is 0. The lowest BCUT2D eigenvalue weighted by molar-refractivity contribution is 0.288. The summed E-state index contributed by atoms with van der Waals surface area (Å²) in [6, 6.07) is 6.83. The molecule has 1 rings (SSSR count). The standard InChI is InChI=1S/C14H23NO3S/c1-3-12(2)11-15-19(17,18)14-8-6-13(7-9-14)5-4-10-16/h6-9,12,15-16H,3-5,10-11H2,1-2H3. The Morgan fingerprint density at radius 2 is 1.89 bits per heavy atom. The molecule has 0 aliphatic rings. The summed E-state index contributed by atoms with van der Waals surface area (Å²) < 4.78 is 26.7. The fourth-order valence-corrected chi connectivity index (χ4v) is 2.76. The number of hydrogen-bond donors (Lipinski definition) is 2. The van der Waals surface area contributed by atoms with E-state index in [4.69, 9.17) is 5.11 Å². The molecule has 1 atom stereocenters. The highest BCUT2D eigenvalue weighted by Crippen LogP contribution is 2.12. The van der Waals surface area contributed by atoms with Gasteiger partial charge in [0.15, 0.2) is 0 Å². The van der Waals surface area contributed by atoms with Crippen molar-refractivity contribution in [3.05, 3.63) is 29.8 Å². The summed E-state index contributed by atoms with van der Waals surface area (Å²) in [4.78, 5) is 0.295. The van der Waals surface area contributed by atoms with Crippen LogP contribution in [0.5, 0.6) is 0 Å². The van der Waals surface area contributed by atoms with Crippen LogP contribution in [0.25, 0.3) is 0 Å². The average molecular weight is 285 g/mol. The largest absolute Gasteiger partial charge is 0.396 e. The van der Waals surface area contributed by atoms with Crippen LogP contribution in [0.3, 0.4) is 0 Å². The molecule has 19 heavy (non-hydrogen) atoms. The van der Waals surface area contributed by atoms with Crippen molar-refractivity contribution in [1.29, 1.82) is 0 Å². The average Bonchev–Trinajstić information content (AvgIpc) is 2.43. The van der Waals surface area contributed by atoms with E-state index in [0.29, 0.717) is 23.8 Å². The summed E-state index contributed by atoms with van der Waals surface area (Å²) in [5.41, 5.74) is 1.04. The molecule has 1 aromatic carbocycles. The highest BCUT2D eigenvalue weighted by atomic mass is 32.2. The van der Waals surface area contributed by atoms with Gasteiger partial charge in [-0.2, -0.15) is 0 Å². The van der Waals surface area contributed by atoms with E-state index in [2.05, 4.69) is 4.72 Å². The summed E-state index contributed by atoms with van der Waals surface area (Å²) in [5, 5.41) is 8.75. The maximum atomic E-state index is 12.0. The van der Waals surface area contributed by atoms with Crippen LogP contribution in [-0.4, -0.2) is 26.7 Å². The Hall–Kier alpha value is -0.910. The van der Waals surface area contributed by atoms with Gasteiger partial charge in [-0.25, -0.2) is 13.1 Å². The lowest BCUT2D eigenvalue weighted by atomic mass is 10.1. The fraction of sp³-hybridized carbons (Fsp3) is 0.571. The molecule has 0 aromatic heterocycles. The Morgan fingerprint density at radius 3 is 2.42 bits per heavy atom. The van der Waals surface area contributed by atoms with E-state index in [0.717, 1.165) is 18.4 Å². The molecule has 0 spiro atoms. The Labute approximate surface area is 115 Å². The Morgan fingerprint density at radius 1 is 1.26 bits per heavy atom. The molecule has 0 amide bonds. The van der Waals surface area contributed by atoms with E-state index in [-0.39, 0.29) is 6.61 Å². The van der Waals surface area contributed by atoms with Gasteiger partial charge in [-0.1, -0.05) is 32.4 Å². The minimum absolute atomic E-state index is 0.149. The molecule has 0 saturated carbocycles. The van der Waals surface area contributed by atoms with Crippen LogP contribution in [0.4, 0.5) is 0 Å². The number of rotatable bonds is 8. The minimum atomic E-state index is -3.40. The third kappa shape index (κ3) is 5.30. The highest BCUT2D eigenvalue weighted by Gasteiger charge is 2.14. The van der Waals surface area contributed by atoms with E-state index < -0.39 is 10.0 Å². The number of hydrogen-bond acceptors (Lipinski definition) is 3. The molecule has 1 aromatic rings. The summed E-state index contributed by atoms with van der Waals surface area (Å²) in [5.74, 6) is 0.332. The molecule has 0 saturated heterocycles. The number of benzene rings is 1. The lowest BCUT2D eigenvalue weighted by Gasteiger charge is -2.11. The van der Waals surface area contributed by atoms with Crippen LogP contribution in [0.2, 0.25) is 0 Å². The van der Waals surface area contributed by atoms with Crippen molar-refractivity contribution < 1.29 is 13.5 Å². The second-order valence-corrected chi connectivity index (χ2v) is 6.60. The first-order valence-corrected chi connectivity index (χ1v) is 8.17. The van der Waals surface area contributed by atoms with Gasteiger partial charge in [0, 0.05) is 13.2 Å². The third-order valence-electron chi connectivity index (χ3n) is 3.18. The molecule has 0 aliphatic carbocycles. The second-order valence-electron chi connectivity index (χ2n) is 4.84. The quantitative estimate of drug-likeness (QED) is 0.767. The van der Waals surface area contributed by atoms with E-state index >= 15 is 0 Å². The van der Waals surface area contributed by atoms with Crippen LogP contribution in [0.15, 0.2) is 29.2 Å². The van der Waals surface area contributed by atoms with Gasteiger partial charge in [0.1, 0.15) is 0 Å². The van der Waals surface area contributed by atoms with Crippen molar-refractivity contribution in [2.45, 2.75) is 38.0 Å². The van der Waals surface area contributed by atoms with Crippen LogP contribution in [0.1, 0.15) is 32.3 Å². The van der Waals surface area contributed by atoms with Gasteiger partial charge in [-0.15, -0.1) is 0 Å². The van der Waals surface area contributed by atoms with Crippen molar-refractivity contribution in [2.24, 2.45) is 5.92 Å². The first kappa shape index (κ1) is 16.1. The highest BCUT2D eigenvalue weighted by molar-refractivity contribution is 7.89. The lowest BCUT2D eigenvalue weighted by Crippen LogP contribution is -2.28. The number of aliphatic hydroxyl groups excluding tert-OH is 1. The first-order chi connectivity index (χ1) is 8.99. The minimum Gasteiger partial charge on any atom is -0.396 e. The molecule has 0 radical (unpaired) electrons. The summed E-state index contributed by atoms with van der Waals surface area (Å²) in [7, 11) is -3.40. The molecule has 5 heteroatoms. The number of sulfonamides is 1. The van der Waals surface area contributed by atoms with Gasteiger partial charge < -0.3 is 5.11 Å². The zero-order valence-electron chi connectivity index (χ0n) is 11.6.